The summed E-state index contributed by atoms with van der Waals surface area (Å²) in [4.78, 5) is 25.6. The molecule has 1 heterocycles. The molecule has 194 valence electrons. The van der Waals surface area contributed by atoms with E-state index >= 15 is 0 Å². The number of thioether (sulfide) groups is 1. The molecule has 2 unspecified atom stereocenters. The van der Waals surface area contributed by atoms with Crippen LogP contribution in [0.2, 0.25) is 0 Å². The smallest absolute Gasteiger partial charge is 0.328 e. The first-order valence-corrected chi connectivity index (χ1v) is 13.6. The van der Waals surface area contributed by atoms with Crippen LogP contribution in [0.1, 0.15) is 40.7 Å². The third-order valence-corrected chi connectivity index (χ3v) is 7.02. The van der Waals surface area contributed by atoms with Gasteiger partial charge < -0.3 is 20.2 Å². The van der Waals surface area contributed by atoms with Crippen LogP contribution in [0.15, 0.2) is 48.7 Å². The number of carbonyl (C=O) groups is 2. The molecule has 0 radical (unpaired) electrons. The summed E-state index contributed by atoms with van der Waals surface area (Å²) in [6.45, 7) is 3.70. The van der Waals surface area contributed by atoms with Crippen LogP contribution in [0.4, 0.5) is 0 Å². The fourth-order valence-electron chi connectivity index (χ4n) is 4.42. The molecule has 0 aliphatic carbocycles. The third kappa shape index (κ3) is 7.35. The number of hydrazine groups is 1. The van der Waals surface area contributed by atoms with Gasteiger partial charge >= 0.3 is 5.97 Å². The number of benzene rings is 2. The molecule has 0 aromatic heterocycles. The summed E-state index contributed by atoms with van der Waals surface area (Å²) in [6.07, 6.45) is 8.65. The standard InChI is InChI=1S/C28H37N3O4S/c1-20-8-5-6-10-23(20)25-18-21(13-15-29-31-16-7-9-22(31)19-34-2)11-12-24(25)27(32)30-26(14-17-36-4)28(33)35-3/h5-6,8,10-13,15,18,22,26,29H,7,9,14,16-17,19H2,1-4H3,(H,30,32)/b15-13+. The van der Waals surface area contributed by atoms with Crippen molar-refractivity contribution in [3.8, 4) is 11.1 Å². The number of esters is 1. The first kappa shape index (κ1) is 27.8. The van der Waals surface area contributed by atoms with Crippen LogP contribution in [0.25, 0.3) is 17.2 Å². The van der Waals surface area contributed by atoms with Crippen molar-refractivity contribution in [2.24, 2.45) is 0 Å². The summed E-state index contributed by atoms with van der Waals surface area (Å²) in [7, 11) is 3.07. The molecule has 2 aromatic rings. The van der Waals surface area contributed by atoms with Gasteiger partial charge in [-0.25, -0.2) is 9.80 Å². The second-order valence-electron chi connectivity index (χ2n) is 8.86. The first-order chi connectivity index (χ1) is 17.5. The molecule has 1 saturated heterocycles. The molecule has 1 aliphatic rings. The van der Waals surface area contributed by atoms with Crippen molar-refractivity contribution in [1.82, 2.24) is 15.8 Å². The Morgan fingerprint density at radius 3 is 2.72 bits per heavy atom. The van der Waals surface area contributed by atoms with E-state index in [1.807, 2.05) is 67.9 Å². The van der Waals surface area contributed by atoms with E-state index in [-0.39, 0.29) is 5.91 Å². The maximum atomic E-state index is 13.4. The molecule has 0 saturated carbocycles. The van der Waals surface area contributed by atoms with Gasteiger partial charge in [0.25, 0.3) is 5.91 Å². The van der Waals surface area contributed by atoms with Gasteiger partial charge in [0.15, 0.2) is 0 Å². The van der Waals surface area contributed by atoms with Crippen molar-refractivity contribution in [1.29, 1.82) is 0 Å². The SMILES string of the molecule is COCC1CCCN1N/C=C/c1ccc(C(=O)NC(CCSC)C(=O)OC)c(-c2ccccc2C)c1. The topological polar surface area (TPSA) is 79.9 Å². The fraction of sp³-hybridized carbons (Fsp3) is 0.429. The largest absolute Gasteiger partial charge is 0.467 e. The normalized spacial score (nSPS) is 16.7. The van der Waals surface area contributed by atoms with Crippen LogP contribution in [0.3, 0.4) is 0 Å². The molecular formula is C28H37N3O4S. The Bertz CT molecular complexity index is 1060. The molecule has 2 aromatic carbocycles. The molecule has 0 bridgehead atoms. The van der Waals surface area contributed by atoms with Gasteiger partial charge in [-0.2, -0.15) is 11.8 Å². The molecule has 8 heteroatoms. The predicted molar refractivity (Wildman–Crippen MR) is 147 cm³/mol. The van der Waals surface area contributed by atoms with Gasteiger partial charge in [0, 0.05) is 25.4 Å². The molecule has 1 fully saturated rings. The lowest BCUT2D eigenvalue weighted by atomic mass is 9.93. The molecule has 7 nitrogen and oxygen atoms in total. The zero-order valence-electron chi connectivity index (χ0n) is 21.6. The Balaban J connectivity index is 1.86. The van der Waals surface area contributed by atoms with Crippen LogP contribution in [0.5, 0.6) is 0 Å². The molecule has 1 amide bonds. The summed E-state index contributed by atoms with van der Waals surface area (Å²) < 4.78 is 10.2. The number of nitrogens with one attached hydrogen (secondary N) is 2. The molecular weight excluding hydrogens is 474 g/mol. The van der Waals surface area contributed by atoms with E-state index in [2.05, 4.69) is 15.8 Å². The van der Waals surface area contributed by atoms with Crippen LogP contribution < -0.4 is 10.7 Å². The summed E-state index contributed by atoms with van der Waals surface area (Å²) in [5, 5.41) is 5.09. The maximum Gasteiger partial charge on any atom is 0.328 e. The number of aryl methyl sites for hydroxylation is 1. The van der Waals surface area contributed by atoms with Gasteiger partial charge in [0.2, 0.25) is 0 Å². The van der Waals surface area contributed by atoms with Gasteiger partial charge in [-0.3, -0.25) is 4.79 Å². The van der Waals surface area contributed by atoms with E-state index in [4.69, 9.17) is 9.47 Å². The highest BCUT2D eigenvalue weighted by Gasteiger charge is 2.24. The van der Waals surface area contributed by atoms with Gasteiger partial charge in [0.05, 0.1) is 19.8 Å². The number of ether oxygens (including phenoxy) is 2. The second-order valence-corrected chi connectivity index (χ2v) is 9.84. The van der Waals surface area contributed by atoms with Crippen LogP contribution in [-0.4, -0.2) is 68.3 Å². The molecule has 2 N–H and O–H groups in total. The van der Waals surface area contributed by atoms with Crippen molar-refractivity contribution in [3.63, 3.8) is 0 Å². The number of rotatable bonds is 12. The van der Waals surface area contributed by atoms with Crippen LogP contribution in [0, 0.1) is 6.92 Å². The second kappa shape index (κ2) is 14.1. The van der Waals surface area contributed by atoms with Crippen molar-refractivity contribution in [3.05, 3.63) is 65.4 Å². The number of hydrogen-bond acceptors (Lipinski definition) is 7. The fourth-order valence-corrected chi connectivity index (χ4v) is 4.90. The predicted octanol–water partition coefficient (Wildman–Crippen LogP) is 4.27. The van der Waals surface area contributed by atoms with Crippen molar-refractivity contribution in [2.75, 3.05) is 39.4 Å². The number of hydrogen-bond donors (Lipinski definition) is 2. The monoisotopic (exact) mass is 511 g/mol. The van der Waals surface area contributed by atoms with Crippen molar-refractivity contribution < 1.29 is 19.1 Å². The van der Waals surface area contributed by atoms with Crippen molar-refractivity contribution >= 4 is 29.7 Å². The number of methoxy groups -OCH3 is 2. The van der Waals surface area contributed by atoms with E-state index < -0.39 is 12.0 Å². The molecule has 2 atom stereocenters. The Morgan fingerprint density at radius 1 is 1.19 bits per heavy atom. The maximum absolute atomic E-state index is 13.4. The third-order valence-electron chi connectivity index (χ3n) is 6.38. The lowest BCUT2D eigenvalue weighted by molar-refractivity contribution is -0.142. The van der Waals surface area contributed by atoms with Gasteiger partial charge in [-0.1, -0.05) is 30.3 Å². The Labute approximate surface area is 218 Å². The highest BCUT2D eigenvalue weighted by molar-refractivity contribution is 7.98. The molecule has 3 rings (SSSR count). The average molecular weight is 512 g/mol. The summed E-state index contributed by atoms with van der Waals surface area (Å²) in [5.41, 5.74) is 7.72. The molecule has 36 heavy (non-hydrogen) atoms. The number of amides is 1. The Hall–Kier alpha value is -2.81. The quantitative estimate of drug-likeness (QED) is 0.412. The van der Waals surface area contributed by atoms with E-state index in [0.717, 1.165) is 47.4 Å². The summed E-state index contributed by atoms with van der Waals surface area (Å²) >= 11 is 1.62. The van der Waals surface area contributed by atoms with E-state index in [1.165, 1.54) is 7.11 Å². The minimum Gasteiger partial charge on any atom is -0.467 e. The summed E-state index contributed by atoms with van der Waals surface area (Å²) in [6, 6.07) is 13.4. The van der Waals surface area contributed by atoms with Crippen LogP contribution >= 0.6 is 11.8 Å². The average Bonchev–Trinajstić information content (AvgIpc) is 3.33. The lowest BCUT2D eigenvalue weighted by Gasteiger charge is -2.23. The molecule has 0 spiro atoms. The zero-order valence-corrected chi connectivity index (χ0v) is 22.4. The minimum absolute atomic E-state index is 0.294. The van der Waals surface area contributed by atoms with E-state index in [9.17, 15) is 9.59 Å². The highest BCUT2D eigenvalue weighted by Crippen LogP contribution is 2.29. The van der Waals surface area contributed by atoms with Crippen molar-refractivity contribution in [2.45, 2.75) is 38.3 Å². The highest BCUT2D eigenvalue weighted by atomic mass is 32.2. The number of carbonyl (C=O) groups excluding carboxylic acids is 2. The first-order valence-electron chi connectivity index (χ1n) is 12.2. The number of nitrogens with zero attached hydrogens (tertiary/aromatic N) is 1. The summed E-state index contributed by atoms with van der Waals surface area (Å²) in [5.74, 6) is 0.0102. The minimum atomic E-state index is -0.691. The van der Waals surface area contributed by atoms with Gasteiger partial charge in [0.1, 0.15) is 6.04 Å². The van der Waals surface area contributed by atoms with E-state index in [1.54, 1.807) is 18.9 Å². The van der Waals surface area contributed by atoms with Gasteiger partial charge in [-0.15, -0.1) is 0 Å². The van der Waals surface area contributed by atoms with Crippen LogP contribution in [-0.2, 0) is 14.3 Å². The van der Waals surface area contributed by atoms with E-state index in [0.29, 0.717) is 24.6 Å². The van der Waals surface area contributed by atoms with Gasteiger partial charge in [-0.05, 0) is 78.7 Å². The zero-order chi connectivity index (χ0) is 25.9. The Kier molecular flexibility index (Phi) is 10.8. The molecule has 1 aliphatic heterocycles. The Morgan fingerprint density at radius 2 is 2.00 bits per heavy atom. The lowest BCUT2D eigenvalue weighted by Crippen LogP contribution is -2.42.